The smallest absolute Gasteiger partial charge is 0.251 e. The number of nitrogens with zero attached hydrogens (tertiary/aromatic N) is 1. The molecule has 4 rings (SSSR count). The lowest BCUT2D eigenvalue weighted by Crippen LogP contribution is -2.45. The predicted molar refractivity (Wildman–Crippen MR) is 119 cm³/mol. The van der Waals surface area contributed by atoms with Gasteiger partial charge in [-0.15, -0.1) is 0 Å². The third kappa shape index (κ3) is 5.02. The summed E-state index contributed by atoms with van der Waals surface area (Å²) in [5, 5.41) is 3.07. The fourth-order valence-electron chi connectivity index (χ4n) is 4.13. The number of benzene rings is 2. The van der Waals surface area contributed by atoms with Gasteiger partial charge in [0.05, 0.1) is 28.9 Å². The maximum absolute atomic E-state index is 13.5. The van der Waals surface area contributed by atoms with E-state index in [9.17, 15) is 26.8 Å². The molecule has 3 N–H and O–H groups in total. The molecule has 1 aliphatic carbocycles. The van der Waals surface area contributed by atoms with Crippen LogP contribution in [0, 0.1) is 0 Å². The fourth-order valence-corrected chi connectivity index (χ4v) is 5.81. The second-order valence-electron chi connectivity index (χ2n) is 8.39. The van der Waals surface area contributed by atoms with Crippen molar-refractivity contribution in [1.29, 1.82) is 0 Å². The Hall–Kier alpha value is -2.56. The number of rotatable bonds is 4. The van der Waals surface area contributed by atoms with Crippen LogP contribution in [-0.2, 0) is 21.2 Å². The number of carbonyl (C=O) groups is 2. The standard InChI is InChI=1S/C22H22ClF2N3O4S/c23-15-4-1-13(2-5-15)11-28-18-9-14(20(29)27-16-7-8-22(24,25)10-16)3-6-19(18)33(31,32)12-17(26)21(28)30/h1-6,9,16-17H,7-8,10-12,26H2,(H,27,29)/t16-,17+/m1/s1. The number of anilines is 1. The summed E-state index contributed by atoms with van der Waals surface area (Å²) in [6.07, 6.45) is -0.607. The molecule has 2 aromatic rings. The lowest BCUT2D eigenvalue weighted by atomic mass is 10.1. The van der Waals surface area contributed by atoms with E-state index in [1.165, 1.54) is 23.1 Å². The highest BCUT2D eigenvalue weighted by molar-refractivity contribution is 7.91. The molecule has 1 saturated carbocycles. The summed E-state index contributed by atoms with van der Waals surface area (Å²) >= 11 is 5.92. The van der Waals surface area contributed by atoms with Gasteiger partial charge in [0.1, 0.15) is 0 Å². The van der Waals surface area contributed by atoms with E-state index in [-0.39, 0.29) is 35.5 Å². The van der Waals surface area contributed by atoms with Crippen LogP contribution in [0.2, 0.25) is 5.02 Å². The summed E-state index contributed by atoms with van der Waals surface area (Å²) in [5.41, 5.74) is 6.65. The molecule has 33 heavy (non-hydrogen) atoms. The Bertz CT molecular complexity index is 1200. The number of hydrogen-bond donors (Lipinski definition) is 2. The molecule has 1 aliphatic heterocycles. The van der Waals surface area contributed by atoms with Crippen LogP contribution in [0.25, 0.3) is 0 Å². The van der Waals surface area contributed by atoms with Gasteiger partial charge in [-0.2, -0.15) is 0 Å². The van der Waals surface area contributed by atoms with Gasteiger partial charge in [0.25, 0.3) is 5.91 Å². The molecular formula is C22H22ClF2N3O4S. The summed E-state index contributed by atoms with van der Waals surface area (Å²) in [5.74, 6) is -4.62. The Morgan fingerprint density at radius 2 is 1.91 bits per heavy atom. The first-order chi connectivity index (χ1) is 15.4. The largest absolute Gasteiger partial charge is 0.349 e. The molecule has 7 nitrogen and oxygen atoms in total. The molecule has 0 spiro atoms. The van der Waals surface area contributed by atoms with E-state index in [2.05, 4.69) is 5.32 Å². The second-order valence-corrected chi connectivity index (χ2v) is 10.8. The topological polar surface area (TPSA) is 110 Å². The zero-order valence-electron chi connectivity index (χ0n) is 17.4. The van der Waals surface area contributed by atoms with E-state index in [1.54, 1.807) is 24.3 Å². The number of hydrogen-bond acceptors (Lipinski definition) is 5. The van der Waals surface area contributed by atoms with Gasteiger partial charge in [-0.3, -0.25) is 9.59 Å². The molecule has 0 aromatic heterocycles. The van der Waals surface area contributed by atoms with Gasteiger partial charge < -0.3 is 16.0 Å². The summed E-state index contributed by atoms with van der Waals surface area (Å²) < 4.78 is 52.7. The van der Waals surface area contributed by atoms with Crippen molar-refractivity contribution in [2.24, 2.45) is 5.73 Å². The fraction of sp³-hybridized carbons (Fsp3) is 0.364. The van der Waals surface area contributed by atoms with Gasteiger partial charge in [0.2, 0.25) is 11.8 Å². The summed E-state index contributed by atoms with van der Waals surface area (Å²) in [7, 11) is -3.91. The first kappa shape index (κ1) is 23.6. The highest BCUT2D eigenvalue weighted by Crippen LogP contribution is 2.36. The molecule has 176 valence electrons. The maximum Gasteiger partial charge on any atom is 0.251 e. The molecule has 0 saturated heterocycles. The van der Waals surface area contributed by atoms with Crippen LogP contribution in [-0.4, -0.2) is 44.0 Å². The van der Waals surface area contributed by atoms with Gasteiger partial charge in [0.15, 0.2) is 9.84 Å². The zero-order valence-corrected chi connectivity index (χ0v) is 19.0. The van der Waals surface area contributed by atoms with Gasteiger partial charge in [-0.05, 0) is 42.3 Å². The molecule has 0 radical (unpaired) electrons. The van der Waals surface area contributed by atoms with Crippen LogP contribution in [0.4, 0.5) is 14.5 Å². The second kappa shape index (κ2) is 8.66. The predicted octanol–water partition coefficient (Wildman–Crippen LogP) is 2.91. The van der Waals surface area contributed by atoms with E-state index in [0.717, 1.165) is 0 Å². The Balaban J connectivity index is 1.71. The number of nitrogens with one attached hydrogen (secondary N) is 1. The average Bonchev–Trinajstić information content (AvgIpc) is 3.07. The normalized spacial score (nSPS) is 23.6. The number of alkyl halides is 2. The average molecular weight is 498 g/mol. The van der Waals surface area contributed by atoms with Crippen molar-refractivity contribution in [3.05, 3.63) is 58.6 Å². The number of fused-ring (bicyclic) bond motifs is 1. The van der Waals surface area contributed by atoms with E-state index in [1.807, 2.05) is 0 Å². The zero-order chi connectivity index (χ0) is 24.0. The van der Waals surface area contributed by atoms with Crippen molar-refractivity contribution in [3.63, 3.8) is 0 Å². The van der Waals surface area contributed by atoms with Gasteiger partial charge in [-0.1, -0.05) is 23.7 Å². The van der Waals surface area contributed by atoms with E-state index >= 15 is 0 Å². The first-order valence-corrected chi connectivity index (χ1v) is 12.4. The summed E-state index contributed by atoms with van der Waals surface area (Å²) in [4.78, 5) is 26.9. The Morgan fingerprint density at radius 3 is 2.55 bits per heavy atom. The minimum absolute atomic E-state index is 0.00609. The molecular weight excluding hydrogens is 476 g/mol. The minimum atomic E-state index is -3.91. The summed E-state index contributed by atoms with van der Waals surface area (Å²) in [6, 6.07) is 8.54. The van der Waals surface area contributed by atoms with E-state index in [0.29, 0.717) is 10.6 Å². The quantitative estimate of drug-likeness (QED) is 0.675. The lowest BCUT2D eigenvalue weighted by molar-refractivity contribution is -0.119. The minimum Gasteiger partial charge on any atom is -0.349 e. The van der Waals surface area contributed by atoms with Crippen LogP contribution >= 0.6 is 11.6 Å². The van der Waals surface area contributed by atoms with Gasteiger partial charge in [-0.25, -0.2) is 17.2 Å². The third-order valence-electron chi connectivity index (χ3n) is 5.82. The van der Waals surface area contributed by atoms with Crippen molar-refractivity contribution in [3.8, 4) is 0 Å². The molecule has 2 atom stereocenters. The molecule has 0 unspecified atom stereocenters. The van der Waals surface area contributed by atoms with Gasteiger partial charge >= 0.3 is 0 Å². The molecule has 1 heterocycles. The maximum atomic E-state index is 13.5. The molecule has 11 heteroatoms. The number of nitrogens with two attached hydrogens (primary N) is 1. The number of carbonyl (C=O) groups excluding carboxylic acids is 2. The van der Waals surface area contributed by atoms with Crippen molar-refractivity contribution in [1.82, 2.24) is 5.32 Å². The molecule has 0 bridgehead atoms. The highest BCUT2D eigenvalue weighted by atomic mass is 35.5. The first-order valence-electron chi connectivity index (χ1n) is 10.3. The van der Waals surface area contributed by atoms with E-state index in [4.69, 9.17) is 17.3 Å². The highest BCUT2D eigenvalue weighted by Gasteiger charge is 2.40. The summed E-state index contributed by atoms with van der Waals surface area (Å²) in [6.45, 7) is 0.00609. The Kier molecular flexibility index (Phi) is 6.19. The Labute approximate surface area is 194 Å². The molecule has 2 aromatic carbocycles. The molecule has 1 fully saturated rings. The SMILES string of the molecule is N[C@H]1CS(=O)(=O)c2ccc(C(=O)N[C@@H]3CCC(F)(F)C3)cc2N(Cc2ccc(Cl)cc2)C1=O. The van der Waals surface area contributed by atoms with Crippen molar-refractivity contribution < 1.29 is 26.8 Å². The number of amides is 2. The van der Waals surface area contributed by atoms with Crippen LogP contribution in [0.1, 0.15) is 35.2 Å². The lowest BCUT2D eigenvalue weighted by Gasteiger charge is -2.25. The van der Waals surface area contributed by atoms with Gasteiger partial charge in [0, 0.05) is 29.5 Å². The van der Waals surface area contributed by atoms with Crippen LogP contribution in [0.5, 0.6) is 0 Å². The van der Waals surface area contributed by atoms with E-state index < -0.39 is 51.8 Å². The van der Waals surface area contributed by atoms with Crippen LogP contribution < -0.4 is 16.0 Å². The number of halogens is 3. The van der Waals surface area contributed by atoms with Crippen LogP contribution in [0.3, 0.4) is 0 Å². The monoisotopic (exact) mass is 497 g/mol. The molecule has 2 amide bonds. The van der Waals surface area contributed by atoms with Crippen molar-refractivity contribution in [2.75, 3.05) is 10.7 Å². The van der Waals surface area contributed by atoms with Crippen LogP contribution in [0.15, 0.2) is 47.4 Å². The molecule has 2 aliphatic rings. The third-order valence-corrected chi connectivity index (χ3v) is 7.89. The number of sulfone groups is 1. The van der Waals surface area contributed by atoms with Crippen molar-refractivity contribution in [2.45, 2.75) is 48.7 Å². The Morgan fingerprint density at radius 1 is 1.21 bits per heavy atom. The van der Waals surface area contributed by atoms with Crippen molar-refractivity contribution >= 4 is 38.9 Å².